The van der Waals surface area contributed by atoms with Gasteiger partial charge in [0, 0.05) is 30.3 Å². The summed E-state index contributed by atoms with van der Waals surface area (Å²) in [6, 6.07) is 29.6. The molecule has 42 heavy (non-hydrogen) atoms. The Morgan fingerprint density at radius 1 is 0.881 bits per heavy atom. The number of hydrogen-bond acceptors (Lipinski definition) is 5. The molecule has 214 valence electrons. The van der Waals surface area contributed by atoms with Crippen molar-refractivity contribution in [1.29, 1.82) is 0 Å². The Morgan fingerprint density at radius 2 is 1.50 bits per heavy atom. The van der Waals surface area contributed by atoms with Crippen LogP contribution in [0, 0.1) is 6.92 Å². The Hall–Kier alpha value is -4.95. The van der Waals surface area contributed by atoms with Gasteiger partial charge in [-0.1, -0.05) is 84.9 Å². The molecule has 2 amide bonds. The molecular weight excluding hydrogens is 530 g/mol. The molecule has 1 aliphatic carbocycles. The van der Waals surface area contributed by atoms with Crippen molar-refractivity contribution in [2.45, 2.75) is 25.4 Å². The van der Waals surface area contributed by atoms with Gasteiger partial charge in [-0.3, -0.25) is 15.0 Å². The summed E-state index contributed by atoms with van der Waals surface area (Å²) < 4.78 is 5.65. The van der Waals surface area contributed by atoms with Crippen LogP contribution < -0.4 is 10.6 Å². The average Bonchev–Trinajstić information content (AvgIpc) is 3.31. The summed E-state index contributed by atoms with van der Waals surface area (Å²) in [6.45, 7) is 2.63. The molecule has 3 N–H and O–H groups in total. The van der Waals surface area contributed by atoms with Gasteiger partial charge in [-0.05, 0) is 59.5 Å². The van der Waals surface area contributed by atoms with E-state index in [1.54, 1.807) is 26.1 Å². The van der Waals surface area contributed by atoms with E-state index >= 15 is 0 Å². The van der Waals surface area contributed by atoms with Gasteiger partial charge >= 0.3 is 12.1 Å². The third-order valence-electron chi connectivity index (χ3n) is 7.47. The van der Waals surface area contributed by atoms with E-state index in [2.05, 4.69) is 34.9 Å². The molecule has 8 nitrogen and oxygen atoms in total. The van der Waals surface area contributed by atoms with E-state index in [0.717, 1.165) is 33.4 Å². The molecule has 0 heterocycles. The van der Waals surface area contributed by atoms with Crippen LogP contribution in [0.1, 0.15) is 38.5 Å². The molecule has 0 radical (unpaired) electrons. The van der Waals surface area contributed by atoms with E-state index in [1.807, 2.05) is 59.5 Å². The lowest BCUT2D eigenvalue weighted by Gasteiger charge is -2.22. The summed E-state index contributed by atoms with van der Waals surface area (Å²) in [7, 11) is 1.80. The van der Waals surface area contributed by atoms with Crippen molar-refractivity contribution < 1.29 is 24.2 Å². The smallest absolute Gasteiger partial charge is 0.411 e. The summed E-state index contributed by atoms with van der Waals surface area (Å²) in [5, 5.41) is 15.1. The van der Waals surface area contributed by atoms with E-state index in [4.69, 9.17) is 4.74 Å². The fourth-order valence-electron chi connectivity index (χ4n) is 5.34. The first kappa shape index (κ1) is 28.6. The van der Waals surface area contributed by atoms with Crippen LogP contribution in [-0.2, 0) is 16.1 Å². The maximum absolute atomic E-state index is 13.0. The summed E-state index contributed by atoms with van der Waals surface area (Å²) in [5.41, 5.74) is 6.92. The number of likely N-dealkylation sites (N-methyl/N-ethyl adjacent to an activating group) is 1. The highest BCUT2D eigenvalue weighted by Gasteiger charge is 2.29. The second kappa shape index (κ2) is 12.7. The number of rotatable bonds is 10. The van der Waals surface area contributed by atoms with Crippen LogP contribution in [0.25, 0.3) is 11.1 Å². The predicted octanol–water partition coefficient (Wildman–Crippen LogP) is 5.67. The summed E-state index contributed by atoms with van der Waals surface area (Å²) >= 11 is 0. The van der Waals surface area contributed by atoms with Gasteiger partial charge in [0.1, 0.15) is 12.6 Å². The van der Waals surface area contributed by atoms with E-state index in [-0.39, 0.29) is 24.6 Å². The fraction of sp³-hybridized carbons (Fsp3) is 0.206. The van der Waals surface area contributed by atoms with Crippen molar-refractivity contribution in [3.63, 3.8) is 0 Å². The molecule has 0 aliphatic heterocycles. The molecule has 4 aromatic rings. The first-order valence-corrected chi connectivity index (χ1v) is 13.8. The zero-order chi connectivity index (χ0) is 29.6. The molecule has 0 saturated heterocycles. The Bertz CT molecular complexity index is 1560. The van der Waals surface area contributed by atoms with E-state index in [1.165, 1.54) is 6.07 Å². The molecule has 0 spiro atoms. The lowest BCUT2D eigenvalue weighted by Crippen LogP contribution is -2.47. The van der Waals surface area contributed by atoms with Crippen molar-refractivity contribution in [2.75, 3.05) is 25.5 Å². The highest BCUT2D eigenvalue weighted by molar-refractivity contribution is 5.98. The SMILES string of the molecule is Cc1ccc(C(=O)NC(CN(C)Cc2ccccc2)C(=O)O)cc1NC(=O)OCC1c2ccccc2-c2ccccc21. The van der Waals surface area contributed by atoms with Gasteiger partial charge in [0.05, 0.1) is 0 Å². The van der Waals surface area contributed by atoms with Gasteiger partial charge in [0.2, 0.25) is 0 Å². The molecule has 0 fully saturated rings. The lowest BCUT2D eigenvalue weighted by atomic mass is 9.98. The van der Waals surface area contributed by atoms with E-state index in [0.29, 0.717) is 12.2 Å². The normalized spacial score (nSPS) is 12.7. The molecule has 1 aliphatic rings. The van der Waals surface area contributed by atoms with Crippen LogP contribution in [0.2, 0.25) is 0 Å². The fourth-order valence-corrected chi connectivity index (χ4v) is 5.34. The maximum atomic E-state index is 13.0. The van der Waals surface area contributed by atoms with Crippen LogP contribution in [0.4, 0.5) is 10.5 Å². The second-order valence-corrected chi connectivity index (χ2v) is 10.5. The van der Waals surface area contributed by atoms with Crippen LogP contribution in [-0.4, -0.2) is 54.2 Å². The van der Waals surface area contributed by atoms with E-state index in [9.17, 15) is 19.5 Å². The minimum absolute atomic E-state index is 0.0747. The molecule has 0 bridgehead atoms. The van der Waals surface area contributed by atoms with Crippen LogP contribution >= 0.6 is 0 Å². The molecule has 1 atom stereocenters. The topological polar surface area (TPSA) is 108 Å². The zero-order valence-corrected chi connectivity index (χ0v) is 23.5. The largest absolute Gasteiger partial charge is 0.480 e. The summed E-state index contributed by atoms with van der Waals surface area (Å²) in [4.78, 5) is 39.7. The van der Waals surface area contributed by atoms with Crippen molar-refractivity contribution in [2.24, 2.45) is 0 Å². The number of nitrogens with one attached hydrogen (secondary N) is 2. The highest BCUT2D eigenvalue weighted by Crippen LogP contribution is 2.44. The summed E-state index contributed by atoms with van der Waals surface area (Å²) in [6.07, 6.45) is -0.636. The van der Waals surface area contributed by atoms with Gasteiger partial charge < -0.3 is 15.2 Å². The molecule has 1 unspecified atom stereocenters. The van der Waals surface area contributed by atoms with Gasteiger partial charge in [-0.2, -0.15) is 0 Å². The number of aliphatic carboxylic acids is 1. The quantitative estimate of drug-likeness (QED) is 0.229. The van der Waals surface area contributed by atoms with Crippen molar-refractivity contribution in [3.8, 4) is 11.1 Å². The number of fused-ring (bicyclic) bond motifs is 3. The molecule has 0 aromatic heterocycles. The standard InChI is InChI=1S/C34H33N3O5/c1-22-16-17-24(32(38)35-31(33(39)40)20-37(2)19-23-10-4-3-5-11-23)18-30(22)36-34(41)42-21-29-27-14-8-6-12-25(27)26-13-7-9-15-28(26)29/h3-18,29,31H,19-21H2,1-2H3,(H,35,38)(H,36,41)(H,39,40). The first-order valence-electron chi connectivity index (χ1n) is 13.8. The minimum Gasteiger partial charge on any atom is -0.480 e. The van der Waals surface area contributed by atoms with Crippen LogP contribution in [0.3, 0.4) is 0 Å². The number of carbonyl (C=O) groups excluding carboxylic acids is 2. The number of carbonyl (C=O) groups is 3. The highest BCUT2D eigenvalue weighted by atomic mass is 16.5. The van der Waals surface area contributed by atoms with Gasteiger partial charge in [-0.15, -0.1) is 0 Å². The number of aryl methyl sites for hydroxylation is 1. The monoisotopic (exact) mass is 563 g/mol. The molecule has 4 aromatic carbocycles. The van der Waals surface area contributed by atoms with Crippen molar-refractivity contribution in [1.82, 2.24) is 10.2 Å². The van der Waals surface area contributed by atoms with Crippen molar-refractivity contribution in [3.05, 3.63) is 125 Å². The maximum Gasteiger partial charge on any atom is 0.411 e. The second-order valence-electron chi connectivity index (χ2n) is 10.5. The third kappa shape index (κ3) is 6.50. The Kier molecular flexibility index (Phi) is 8.64. The van der Waals surface area contributed by atoms with Gasteiger partial charge in [0.25, 0.3) is 5.91 Å². The Labute approximate surface area is 244 Å². The molecule has 5 rings (SSSR count). The predicted molar refractivity (Wildman–Crippen MR) is 162 cm³/mol. The lowest BCUT2D eigenvalue weighted by molar-refractivity contribution is -0.139. The van der Waals surface area contributed by atoms with Gasteiger partial charge in [-0.25, -0.2) is 9.59 Å². The van der Waals surface area contributed by atoms with Crippen LogP contribution in [0.15, 0.2) is 97.1 Å². The number of amides is 2. The number of anilines is 1. The number of carboxylic acid groups (broad SMARTS) is 1. The zero-order valence-electron chi connectivity index (χ0n) is 23.5. The minimum atomic E-state index is -1.13. The van der Waals surface area contributed by atoms with Crippen molar-refractivity contribution >= 4 is 23.7 Å². The Balaban J connectivity index is 1.21. The van der Waals surface area contributed by atoms with Crippen LogP contribution in [0.5, 0.6) is 0 Å². The molecule has 0 saturated carbocycles. The summed E-state index contributed by atoms with van der Waals surface area (Å²) in [5.74, 6) is -1.76. The van der Waals surface area contributed by atoms with E-state index < -0.39 is 24.0 Å². The number of ether oxygens (including phenoxy) is 1. The number of nitrogens with zero attached hydrogens (tertiary/aromatic N) is 1. The first-order chi connectivity index (χ1) is 20.3. The number of hydrogen-bond donors (Lipinski definition) is 3. The third-order valence-corrected chi connectivity index (χ3v) is 7.47. The average molecular weight is 564 g/mol. The van der Waals surface area contributed by atoms with Gasteiger partial charge in [0.15, 0.2) is 0 Å². The number of carboxylic acids is 1. The molecular formula is C34H33N3O5. The Morgan fingerprint density at radius 3 is 2.14 bits per heavy atom. The molecule has 8 heteroatoms. The number of benzene rings is 4.